The highest BCUT2D eigenvalue weighted by Gasteiger charge is 2.21. The van der Waals surface area contributed by atoms with E-state index in [4.69, 9.17) is 0 Å². The molecule has 18 heavy (non-hydrogen) atoms. The average Bonchev–Trinajstić information content (AvgIpc) is 2.78. The summed E-state index contributed by atoms with van der Waals surface area (Å²) >= 11 is 2.04. The Morgan fingerprint density at radius 3 is 3.00 bits per heavy atom. The van der Waals surface area contributed by atoms with Gasteiger partial charge in [0.15, 0.2) is 0 Å². The van der Waals surface area contributed by atoms with E-state index in [-0.39, 0.29) is 0 Å². The van der Waals surface area contributed by atoms with Crippen LogP contribution in [-0.2, 0) is 12.8 Å². The Morgan fingerprint density at radius 2 is 2.17 bits per heavy atom. The maximum atomic E-state index is 3.42. The van der Waals surface area contributed by atoms with Crippen molar-refractivity contribution >= 4 is 11.8 Å². The summed E-state index contributed by atoms with van der Waals surface area (Å²) in [4.78, 5) is 4.11. The Balaban J connectivity index is 1.64. The summed E-state index contributed by atoms with van der Waals surface area (Å²) in [5, 5.41) is 4.18. The average molecular weight is 262 g/mol. The highest BCUT2D eigenvalue weighted by Crippen LogP contribution is 2.38. The second-order valence-electron chi connectivity index (χ2n) is 5.37. The van der Waals surface area contributed by atoms with Crippen molar-refractivity contribution in [3.8, 4) is 0 Å². The number of thioether (sulfide) groups is 1. The minimum atomic E-state index is 0.764. The monoisotopic (exact) mass is 262 g/mol. The molecule has 1 saturated heterocycles. The van der Waals surface area contributed by atoms with Crippen LogP contribution in [0.4, 0.5) is 0 Å². The largest absolute Gasteiger partial charge is 0.314 e. The van der Waals surface area contributed by atoms with E-state index >= 15 is 0 Å². The molecule has 1 fully saturated rings. The molecule has 0 spiro atoms. The third-order valence-electron chi connectivity index (χ3n) is 3.96. The third-order valence-corrected chi connectivity index (χ3v) is 5.16. The van der Waals surface area contributed by atoms with Gasteiger partial charge in [0.2, 0.25) is 0 Å². The van der Waals surface area contributed by atoms with Crippen LogP contribution in [0.5, 0.6) is 0 Å². The Bertz CT molecular complexity index is 413. The second kappa shape index (κ2) is 5.64. The number of nitrogens with zero attached hydrogens (tertiary/aromatic N) is 1. The van der Waals surface area contributed by atoms with Gasteiger partial charge in [-0.05, 0) is 30.0 Å². The van der Waals surface area contributed by atoms with E-state index in [0.717, 1.165) is 18.3 Å². The molecule has 3 rings (SSSR count). The fraction of sp³-hybridized carbons (Fsp3) is 0.600. The number of fused-ring (bicyclic) bond motifs is 1. The number of rotatable bonds is 3. The zero-order chi connectivity index (χ0) is 12.4. The number of hydrogen-bond donors (Lipinski definition) is 1. The number of benzene rings is 1. The summed E-state index contributed by atoms with van der Waals surface area (Å²) in [7, 11) is 0. The number of nitrogens with one attached hydrogen (secondary N) is 1. The van der Waals surface area contributed by atoms with Gasteiger partial charge in [-0.2, -0.15) is 0 Å². The molecule has 0 amide bonds. The molecule has 0 radical (unpaired) electrons. The standard InChI is InChI=1S/C15H22N2S/c1-12-11-14-13(3-2-4-15(14)18-12)5-8-17-9-6-16-7-10-17/h2-4,12,16H,5-11H2,1H3. The lowest BCUT2D eigenvalue weighted by Gasteiger charge is -2.27. The molecule has 1 aromatic rings. The van der Waals surface area contributed by atoms with Gasteiger partial charge in [0.25, 0.3) is 0 Å². The summed E-state index contributed by atoms with van der Waals surface area (Å²) in [6.45, 7) is 8.28. The smallest absolute Gasteiger partial charge is 0.0110 e. The topological polar surface area (TPSA) is 15.3 Å². The quantitative estimate of drug-likeness (QED) is 0.899. The molecule has 1 unspecified atom stereocenters. The van der Waals surface area contributed by atoms with Crippen LogP contribution in [-0.4, -0.2) is 42.9 Å². The van der Waals surface area contributed by atoms with E-state index in [9.17, 15) is 0 Å². The van der Waals surface area contributed by atoms with Crippen molar-refractivity contribution in [2.24, 2.45) is 0 Å². The molecule has 0 saturated carbocycles. The van der Waals surface area contributed by atoms with Crippen molar-refractivity contribution in [2.45, 2.75) is 29.9 Å². The van der Waals surface area contributed by atoms with Crippen LogP contribution in [0.25, 0.3) is 0 Å². The Labute approximate surface area is 114 Å². The van der Waals surface area contributed by atoms with Crippen LogP contribution in [0.2, 0.25) is 0 Å². The van der Waals surface area contributed by atoms with Gasteiger partial charge in [-0.3, -0.25) is 0 Å². The molecule has 1 aromatic carbocycles. The van der Waals surface area contributed by atoms with E-state index < -0.39 is 0 Å². The molecule has 98 valence electrons. The molecule has 2 nitrogen and oxygen atoms in total. The van der Waals surface area contributed by atoms with Crippen molar-refractivity contribution in [3.63, 3.8) is 0 Å². The predicted octanol–water partition coefficient (Wildman–Crippen LogP) is 2.17. The van der Waals surface area contributed by atoms with Gasteiger partial charge in [0, 0.05) is 42.9 Å². The summed E-state index contributed by atoms with van der Waals surface area (Å²) in [5.74, 6) is 0. The van der Waals surface area contributed by atoms with E-state index in [1.807, 2.05) is 11.8 Å². The highest BCUT2D eigenvalue weighted by atomic mass is 32.2. The fourth-order valence-electron chi connectivity index (χ4n) is 2.95. The maximum Gasteiger partial charge on any atom is 0.0110 e. The Kier molecular flexibility index (Phi) is 3.92. The molecule has 2 heterocycles. The molecule has 2 aliphatic rings. The molecule has 0 bridgehead atoms. The molecule has 1 N–H and O–H groups in total. The van der Waals surface area contributed by atoms with E-state index in [1.165, 1.54) is 37.4 Å². The molecule has 0 aromatic heterocycles. The zero-order valence-electron chi connectivity index (χ0n) is 11.1. The van der Waals surface area contributed by atoms with Gasteiger partial charge in [-0.1, -0.05) is 19.1 Å². The van der Waals surface area contributed by atoms with Crippen molar-refractivity contribution in [1.29, 1.82) is 0 Å². The van der Waals surface area contributed by atoms with Gasteiger partial charge in [-0.15, -0.1) is 11.8 Å². The minimum Gasteiger partial charge on any atom is -0.314 e. The van der Waals surface area contributed by atoms with Crippen molar-refractivity contribution < 1.29 is 0 Å². The number of piperazine rings is 1. The number of hydrogen-bond acceptors (Lipinski definition) is 3. The van der Waals surface area contributed by atoms with Crippen LogP contribution in [0.3, 0.4) is 0 Å². The maximum absolute atomic E-state index is 3.42. The molecular weight excluding hydrogens is 240 g/mol. The van der Waals surface area contributed by atoms with E-state index in [2.05, 4.69) is 35.3 Å². The third kappa shape index (κ3) is 2.73. The fourth-order valence-corrected chi connectivity index (χ4v) is 4.14. The highest BCUT2D eigenvalue weighted by molar-refractivity contribution is 8.00. The van der Waals surface area contributed by atoms with E-state index in [1.54, 1.807) is 11.1 Å². The lowest BCUT2D eigenvalue weighted by molar-refractivity contribution is 0.243. The Hall–Kier alpha value is -0.510. The minimum absolute atomic E-state index is 0.764. The molecule has 0 aliphatic carbocycles. The summed E-state index contributed by atoms with van der Waals surface area (Å²) in [6.07, 6.45) is 2.48. The summed E-state index contributed by atoms with van der Waals surface area (Å²) in [6, 6.07) is 6.86. The zero-order valence-corrected chi connectivity index (χ0v) is 11.9. The molecule has 3 heteroatoms. The van der Waals surface area contributed by atoms with Crippen LogP contribution in [0.1, 0.15) is 18.1 Å². The SMILES string of the molecule is CC1Cc2c(CCN3CCNCC3)cccc2S1. The first-order valence-corrected chi connectivity index (χ1v) is 7.91. The lowest BCUT2D eigenvalue weighted by Crippen LogP contribution is -2.44. The van der Waals surface area contributed by atoms with Crippen molar-refractivity contribution in [1.82, 2.24) is 10.2 Å². The van der Waals surface area contributed by atoms with E-state index in [0.29, 0.717) is 0 Å². The first-order chi connectivity index (χ1) is 8.83. The van der Waals surface area contributed by atoms with Gasteiger partial charge in [-0.25, -0.2) is 0 Å². The van der Waals surface area contributed by atoms with Gasteiger partial charge in [0.1, 0.15) is 0 Å². The summed E-state index contributed by atoms with van der Waals surface area (Å²) in [5.41, 5.74) is 3.22. The van der Waals surface area contributed by atoms with Crippen molar-refractivity contribution in [3.05, 3.63) is 29.3 Å². The van der Waals surface area contributed by atoms with Crippen LogP contribution < -0.4 is 5.32 Å². The summed E-state index contributed by atoms with van der Waals surface area (Å²) < 4.78 is 0. The first-order valence-electron chi connectivity index (χ1n) is 7.03. The van der Waals surface area contributed by atoms with Crippen LogP contribution in [0.15, 0.2) is 23.1 Å². The molecule has 2 aliphatic heterocycles. The van der Waals surface area contributed by atoms with Crippen molar-refractivity contribution in [2.75, 3.05) is 32.7 Å². The second-order valence-corrected chi connectivity index (χ2v) is 6.85. The first kappa shape index (κ1) is 12.5. The Morgan fingerprint density at radius 1 is 1.33 bits per heavy atom. The van der Waals surface area contributed by atoms with Gasteiger partial charge < -0.3 is 10.2 Å². The van der Waals surface area contributed by atoms with Gasteiger partial charge in [0.05, 0.1) is 0 Å². The molecule has 1 atom stereocenters. The normalized spacial score (nSPS) is 24.2. The van der Waals surface area contributed by atoms with Gasteiger partial charge >= 0.3 is 0 Å². The predicted molar refractivity (Wildman–Crippen MR) is 78.5 cm³/mol. The van der Waals surface area contributed by atoms with Crippen LogP contribution >= 0.6 is 11.8 Å². The van der Waals surface area contributed by atoms with Crippen LogP contribution in [0, 0.1) is 0 Å². The molecular formula is C15H22N2S. The lowest BCUT2D eigenvalue weighted by atomic mass is 10.0.